The first kappa shape index (κ1) is 35.0. The molecule has 18 nitrogen and oxygen atoms in total. The number of aliphatic hydroxyl groups is 1. The van der Waals surface area contributed by atoms with Gasteiger partial charge in [-0.3, -0.25) is 14.3 Å². The van der Waals surface area contributed by atoms with Gasteiger partial charge in [0, 0.05) is 7.11 Å². The fourth-order valence-corrected chi connectivity index (χ4v) is 7.30. The molecule has 6 heterocycles. The summed E-state index contributed by atoms with van der Waals surface area (Å²) in [4.78, 5) is 38.6. The Labute approximate surface area is 275 Å². The van der Waals surface area contributed by atoms with Crippen molar-refractivity contribution in [1.29, 1.82) is 0 Å². The maximum Gasteiger partial charge on any atom is 0.287 e. The van der Waals surface area contributed by atoms with Gasteiger partial charge in [0.15, 0.2) is 41.4 Å². The Morgan fingerprint density at radius 3 is 2.62 bits per heavy atom. The number of aliphatic imine (C=N–C) groups is 1. The van der Waals surface area contributed by atoms with Crippen LogP contribution in [-0.2, 0) is 54.5 Å². The fraction of sp³-hybridized carbons (Fsp3) is 0.778. The van der Waals surface area contributed by atoms with Gasteiger partial charge < -0.3 is 55.6 Å². The molecule has 0 aromatic carbocycles. The van der Waals surface area contributed by atoms with E-state index in [1.165, 1.54) is 18.0 Å². The van der Waals surface area contributed by atoms with Crippen LogP contribution in [0.4, 0.5) is 5.95 Å². The Morgan fingerprint density at radius 1 is 1.21 bits per heavy atom. The van der Waals surface area contributed by atoms with E-state index in [2.05, 4.69) is 19.9 Å². The van der Waals surface area contributed by atoms with E-state index in [0.29, 0.717) is 0 Å². The van der Waals surface area contributed by atoms with E-state index >= 15 is 0 Å². The summed E-state index contributed by atoms with van der Waals surface area (Å²) >= 11 is 5.38. The molecule has 1 unspecified atom stereocenters. The molecule has 0 aliphatic carbocycles. The van der Waals surface area contributed by atoms with Gasteiger partial charge in [0.1, 0.15) is 43.2 Å². The average molecular weight is 705 g/mol. The zero-order valence-corrected chi connectivity index (χ0v) is 28.5. The highest BCUT2D eigenvalue weighted by molar-refractivity contribution is 8.35. The molecule has 2 aromatic heterocycles. The van der Waals surface area contributed by atoms with Gasteiger partial charge in [0.25, 0.3) is 12.7 Å². The number of aliphatic hydroxyl groups excluding tert-OH is 1. The summed E-state index contributed by atoms with van der Waals surface area (Å²) in [5.41, 5.74) is -0.615. The third-order valence-corrected chi connectivity index (χ3v) is 9.63. The van der Waals surface area contributed by atoms with Crippen LogP contribution in [0.3, 0.4) is 0 Å². The lowest BCUT2D eigenvalue weighted by Crippen LogP contribution is -2.44. The van der Waals surface area contributed by atoms with Crippen LogP contribution in [0.1, 0.15) is 47.8 Å². The van der Waals surface area contributed by atoms with E-state index < -0.39 is 97.9 Å². The lowest BCUT2D eigenvalue weighted by atomic mass is 10.1. The molecule has 10 atom stereocenters. The number of nitrogens with one attached hydrogen (secondary N) is 1. The van der Waals surface area contributed by atoms with Crippen molar-refractivity contribution in [1.82, 2.24) is 19.5 Å². The first-order chi connectivity index (χ1) is 22.0. The third-order valence-electron chi connectivity index (χ3n) is 8.07. The van der Waals surface area contributed by atoms with E-state index in [9.17, 15) is 19.9 Å². The summed E-state index contributed by atoms with van der Waals surface area (Å²) < 4.78 is 54.4. The Balaban J connectivity index is 1.18. The molecule has 4 aliphatic rings. The van der Waals surface area contributed by atoms with Gasteiger partial charge in [-0.1, -0.05) is 13.8 Å². The summed E-state index contributed by atoms with van der Waals surface area (Å²) in [7, 11) is -2.67. The lowest BCUT2D eigenvalue weighted by Gasteiger charge is -2.32. The summed E-state index contributed by atoms with van der Waals surface area (Å²) in [5.74, 6) is -2.94. The monoisotopic (exact) mass is 704 g/mol. The number of imidazole rings is 1. The summed E-state index contributed by atoms with van der Waals surface area (Å²) in [6.07, 6.45) is -6.95. The van der Waals surface area contributed by atoms with E-state index in [0.717, 1.165) is 0 Å². The minimum atomic E-state index is -4.04. The lowest BCUT2D eigenvalue weighted by molar-refractivity contribution is -0.231. The standard InChI is InChI=1S/C27H40N5O13PS/c1-11(2)21(34)30-25-29-20-14(22(35)31-25)28-10-32(20)23-17(37-7)15(33)12(40-23)9-39-46(36,47)45-18-16(13-8-38-26(3,4)42-13)41-24-19(18)43-27(5,6)44-24/h10-13,15-19,23-24,33H,8-9H2,1-7H3,(H,36,47)(H2,29,30,31,34,35)/p-1/t12-,13-,15-,16-,17-,18+,19-,23-,24-,46?/m1/s1. The first-order valence-corrected chi connectivity index (χ1v) is 17.6. The zero-order valence-electron chi connectivity index (χ0n) is 26.8. The summed E-state index contributed by atoms with van der Waals surface area (Å²) in [6.45, 7) is 10.1. The van der Waals surface area contributed by atoms with Gasteiger partial charge in [-0.25, -0.2) is 14.9 Å². The van der Waals surface area contributed by atoms with Gasteiger partial charge in [-0.15, -0.1) is 0 Å². The predicted octanol–water partition coefficient (Wildman–Crippen LogP) is 0.0857. The minimum Gasteiger partial charge on any atom is -0.861 e. The van der Waals surface area contributed by atoms with Crippen molar-refractivity contribution in [3.8, 4) is 0 Å². The molecule has 0 amide bonds. The predicted molar refractivity (Wildman–Crippen MR) is 162 cm³/mol. The van der Waals surface area contributed by atoms with Crippen molar-refractivity contribution in [2.45, 2.75) is 108 Å². The Bertz CT molecular complexity index is 1550. The van der Waals surface area contributed by atoms with Gasteiger partial charge in [0.05, 0.1) is 12.9 Å². The smallest absolute Gasteiger partial charge is 0.287 e. The van der Waals surface area contributed by atoms with E-state index in [1.54, 1.807) is 41.5 Å². The largest absolute Gasteiger partial charge is 0.861 e. The fourth-order valence-electron chi connectivity index (χ4n) is 5.87. The van der Waals surface area contributed by atoms with Crippen LogP contribution in [0.15, 0.2) is 16.1 Å². The molecular formula is C27H39N5O13PS-. The van der Waals surface area contributed by atoms with Crippen molar-refractivity contribution in [2.75, 3.05) is 20.3 Å². The van der Waals surface area contributed by atoms with Gasteiger partial charge >= 0.3 is 0 Å². The number of fused-ring (bicyclic) bond motifs is 2. The van der Waals surface area contributed by atoms with Crippen LogP contribution < -0.4 is 10.7 Å². The van der Waals surface area contributed by atoms with Crippen LogP contribution in [0.5, 0.6) is 0 Å². The van der Waals surface area contributed by atoms with Crippen LogP contribution in [-0.4, -0.2) is 116 Å². The van der Waals surface area contributed by atoms with Crippen LogP contribution >= 0.6 is 7.15 Å². The highest BCUT2D eigenvalue weighted by atomic mass is 32.7. The molecule has 4 saturated heterocycles. The second-order valence-electron chi connectivity index (χ2n) is 12.8. The van der Waals surface area contributed by atoms with E-state index in [-0.39, 0.29) is 23.7 Å². The number of H-pyrrole nitrogens is 1. The molecule has 2 aromatic rings. The summed E-state index contributed by atoms with van der Waals surface area (Å²) in [5, 5.41) is 23.3. The molecule has 0 spiro atoms. The van der Waals surface area contributed by atoms with Crippen LogP contribution in [0.25, 0.3) is 11.2 Å². The maximum atomic E-state index is 12.7. The van der Waals surface area contributed by atoms with Gasteiger partial charge in [-0.05, 0) is 39.5 Å². The highest BCUT2D eigenvalue weighted by Gasteiger charge is 2.61. The number of hydrogen-bond acceptors (Lipinski definition) is 17. The summed E-state index contributed by atoms with van der Waals surface area (Å²) in [6, 6.07) is 0. The molecule has 3 N–H and O–H groups in total. The van der Waals surface area contributed by atoms with Gasteiger partial charge in [-0.2, -0.15) is 14.0 Å². The average Bonchev–Trinajstić information content (AvgIpc) is 3.76. The number of ether oxygens (including phenoxy) is 7. The van der Waals surface area contributed by atoms with E-state index in [1.807, 2.05) is 0 Å². The molecule has 0 saturated carbocycles. The molecule has 0 radical (unpaired) electrons. The normalized spacial score (nSPS) is 36.4. The SMILES string of the molecule is CO[C@@H]1[C@H](O)[C@@H](CO[P+](O)([S-])O[C@@H]2[C@H]3OC(C)(C)O[C@H]3O[C@@H]2[C@H]2COC(C)(C)O2)O[C@H]1n1cnc2c(=O)[nH]c(N=C([O-])C(C)C)nc21. The maximum absolute atomic E-state index is 12.7. The second kappa shape index (κ2) is 12.8. The molecule has 4 aliphatic heterocycles. The van der Waals surface area contributed by atoms with Crippen molar-refractivity contribution in [3.63, 3.8) is 0 Å². The number of methoxy groups -OCH3 is 1. The Hall–Kier alpha value is -1.84. The van der Waals surface area contributed by atoms with Crippen molar-refractivity contribution >= 4 is 42.4 Å². The third kappa shape index (κ3) is 7.10. The Kier molecular flexibility index (Phi) is 9.53. The molecule has 262 valence electrons. The zero-order chi connectivity index (χ0) is 34.1. The topological polar surface area (TPSA) is 223 Å². The molecule has 6 rings (SSSR count). The second-order valence-corrected chi connectivity index (χ2v) is 15.6. The van der Waals surface area contributed by atoms with Crippen LogP contribution in [0.2, 0.25) is 0 Å². The molecule has 4 fully saturated rings. The van der Waals surface area contributed by atoms with Crippen LogP contribution in [0, 0.1) is 5.92 Å². The van der Waals surface area contributed by atoms with Crippen molar-refractivity contribution in [3.05, 3.63) is 16.7 Å². The van der Waals surface area contributed by atoms with Gasteiger partial charge in [0.2, 0.25) is 5.95 Å². The molecule has 20 heteroatoms. The molecule has 0 bridgehead atoms. The van der Waals surface area contributed by atoms with Crippen molar-refractivity contribution in [2.24, 2.45) is 10.9 Å². The number of aromatic amines is 1. The van der Waals surface area contributed by atoms with Crippen molar-refractivity contribution < 1.29 is 57.3 Å². The number of rotatable bonds is 10. The van der Waals surface area contributed by atoms with E-state index in [4.69, 9.17) is 54.5 Å². The number of hydrogen-bond donors (Lipinski definition) is 3. The first-order valence-electron chi connectivity index (χ1n) is 15.0. The number of aromatic nitrogens is 4. The molecular weight excluding hydrogens is 665 g/mol. The Morgan fingerprint density at radius 2 is 1.96 bits per heavy atom. The quantitative estimate of drug-likeness (QED) is 0.129. The highest BCUT2D eigenvalue weighted by Crippen LogP contribution is 2.59. The minimum absolute atomic E-state index is 0.0409. The number of nitrogens with zero attached hydrogens (tertiary/aromatic N) is 4. The molecule has 47 heavy (non-hydrogen) atoms.